The quantitative estimate of drug-likeness (QED) is 0.313. The summed E-state index contributed by atoms with van der Waals surface area (Å²) in [7, 11) is 6.15. The summed E-state index contributed by atoms with van der Waals surface area (Å²) in [5.74, 6) is 2.06. The van der Waals surface area contributed by atoms with Gasteiger partial charge in [0.05, 0.1) is 19.6 Å². The SMILES string of the molecule is [CH2]C(COC(=O)CC12CC3CC(CC(C3)C1)C2)COC(=O)OCCCN(C)CCN(C)C. The van der Waals surface area contributed by atoms with Gasteiger partial charge >= 0.3 is 12.1 Å². The van der Waals surface area contributed by atoms with Crippen molar-refractivity contribution in [2.45, 2.75) is 51.4 Å². The zero-order valence-corrected chi connectivity index (χ0v) is 20.4. The first-order valence-electron chi connectivity index (χ1n) is 12.3. The Labute approximate surface area is 194 Å². The second kappa shape index (κ2) is 11.7. The van der Waals surface area contributed by atoms with Crippen LogP contribution in [0.1, 0.15) is 51.4 Å². The molecule has 7 nitrogen and oxygen atoms in total. The highest BCUT2D eigenvalue weighted by molar-refractivity contribution is 5.70. The van der Waals surface area contributed by atoms with Crippen LogP contribution in [0.15, 0.2) is 0 Å². The van der Waals surface area contributed by atoms with Gasteiger partial charge in [-0.15, -0.1) is 0 Å². The molecule has 7 heteroatoms. The molecular weight excluding hydrogens is 408 g/mol. The average molecular weight is 452 g/mol. The van der Waals surface area contributed by atoms with Crippen LogP contribution in [0.25, 0.3) is 0 Å². The van der Waals surface area contributed by atoms with Crippen LogP contribution < -0.4 is 0 Å². The number of carbonyl (C=O) groups is 2. The smallest absolute Gasteiger partial charge is 0.465 e. The topological polar surface area (TPSA) is 68.3 Å². The molecule has 183 valence electrons. The van der Waals surface area contributed by atoms with E-state index < -0.39 is 6.16 Å². The molecule has 4 fully saturated rings. The number of rotatable bonds is 13. The molecule has 1 unspecified atom stereocenters. The lowest BCUT2D eigenvalue weighted by Crippen LogP contribution is -2.47. The summed E-state index contributed by atoms with van der Waals surface area (Å²) >= 11 is 0. The molecule has 0 aliphatic heterocycles. The van der Waals surface area contributed by atoms with Crippen molar-refractivity contribution in [3.63, 3.8) is 0 Å². The molecule has 1 radical (unpaired) electrons. The third-order valence-corrected chi connectivity index (χ3v) is 7.43. The molecule has 0 aromatic rings. The summed E-state index contributed by atoms with van der Waals surface area (Å²) in [4.78, 5) is 28.6. The first kappa shape index (κ1) is 25.3. The third kappa shape index (κ3) is 7.91. The van der Waals surface area contributed by atoms with E-state index in [2.05, 4.69) is 23.8 Å². The molecule has 4 rings (SSSR count). The minimum atomic E-state index is -0.686. The lowest BCUT2D eigenvalue weighted by Gasteiger charge is -2.56. The monoisotopic (exact) mass is 451 g/mol. The first-order chi connectivity index (χ1) is 15.2. The molecule has 0 spiro atoms. The highest BCUT2D eigenvalue weighted by Gasteiger charge is 2.51. The van der Waals surface area contributed by atoms with Gasteiger partial charge in [-0.2, -0.15) is 0 Å². The zero-order valence-electron chi connectivity index (χ0n) is 20.4. The van der Waals surface area contributed by atoms with Gasteiger partial charge in [0.2, 0.25) is 0 Å². The van der Waals surface area contributed by atoms with Crippen molar-refractivity contribution in [2.75, 3.05) is 60.6 Å². The van der Waals surface area contributed by atoms with Crippen molar-refractivity contribution in [1.29, 1.82) is 0 Å². The van der Waals surface area contributed by atoms with Crippen LogP contribution in [0.3, 0.4) is 0 Å². The molecule has 0 aromatic carbocycles. The second-order valence-electron chi connectivity index (χ2n) is 11.0. The lowest BCUT2D eigenvalue weighted by molar-refractivity contribution is -0.153. The number of carbonyl (C=O) groups excluding carboxylic acids is 2. The molecule has 4 saturated carbocycles. The summed E-state index contributed by atoms with van der Waals surface area (Å²) in [6.07, 6.45) is 8.31. The summed E-state index contributed by atoms with van der Waals surface area (Å²) in [5.41, 5.74) is 0.184. The number of nitrogens with zero attached hydrogens (tertiary/aromatic N) is 2. The normalized spacial score (nSPS) is 29.4. The van der Waals surface area contributed by atoms with Gasteiger partial charge in [-0.3, -0.25) is 4.79 Å². The minimum absolute atomic E-state index is 0.0895. The van der Waals surface area contributed by atoms with Gasteiger partial charge in [-0.1, -0.05) is 0 Å². The van der Waals surface area contributed by atoms with Gasteiger partial charge < -0.3 is 24.0 Å². The Morgan fingerprint density at radius 3 is 2.09 bits per heavy atom. The summed E-state index contributed by atoms with van der Waals surface area (Å²) < 4.78 is 15.7. The third-order valence-electron chi connectivity index (χ3n) is 7.43. The van der Waals surface area contributed by atoms with Gasteiger partial charge in [0, 0.05) is 25.6 Å². The molecule has 0 N–H and O–H groups in total. The Hall–Kier alpha value is -1.34. The molecule has 4 aliphatic carbocycles. The van der Waals surface area contributed by atoms with E-state index in [9.17, 15) is 9.59 Å². The van der Waals surface area contributed by atoms with Crippen LogP contribution in [-0.2, 0) is 19.0 Å². The minimum Gasteiger partial charge on any atom is -0.465 e. The Morgan fingerprint density at radius 1 is 0.906 bits per heavy atom. The van der Waals surface area contributed by atoms with Crippen LogP contribution in [-0.4, -0.2) is 82.5 Å². The van der Waals surface area contributed by atoms with Crippen molar-refractivity contribution >= 4 is 12.1 Å². The van der Waals surface area contributed by atoms with Crippen LogP contribution >= 0.6 is 0 Å². The Bertz CT molecular complexity index is 588. The Morgan fingerprint density at radius 2 is 1.50 bits per heavy atom. The highest BCUT2D eigenvalue weighted by Crippen LogP contribution is 2.61. The van der Waals surface area contributed by atoms with Crippen LogP contribution in [0.4, 0.5) is 4.79 Å². The molecule has 32 heavy (non-hydrogen) atoms. The van der Waals surface area contributed by atoms with E-state index in [-0.39, 0.29) is 30.5 Å². The lowest BCUT2D eigenvalue weighted by atomic mass is 9.49. The van der Waals surface area contributed by atoms with E-state index in [1.165, 1.54) is 38.5 Å². The Kier molecular flexibility index (Phi) is 9.23. The van der Waals surface area contributed by atoms with Gasteiger partial charge in [0.1, 0.15) is 6.61 Å². The van der Waals surface area contributed by atoms with Gasteiger partial charge in [0.15, 0.2) is 0 Å². The summed E-state index contributed by atoms with van der Waals surface area (Å²) in [6, 6.07) is 0. The van der Waals surface area contributed by atoms with E-state index >= 15 is 0 Å². The predicted molar refractivity (Wildman–Crippen MR) is 123 cm³/mol. The van der Waals surface area contributed by atoms with Gasteiger partial charge in [-0.25, -0.2) is 4.79 Å². The average Bonchev–Trinajstić information content (AvgIpc) is 2.71. The molecule has 0 saturated heterocycles. The van der Waals surface area contributed by atoms with Crippen molar-refractivity contribution in [3.8, 4) is 0 Å². The standard InChI is InChI=1S/C25H43N2O5/c1-19(18-32-24(29)30-9-5-6-27(4)8-7-26(2)3)17-31-23(28)16-25-13-20-10-21(14-25)12-22(11-20)15-25/h19-22H,1,5-18H2,2-4H3. The number of ether oxygens (including phenoxy) is 3. The maximum atomic E-state index is 12.5. The maximum absolute atomic E-state index is 12.5. The Balaban J connectivity index is 1.22. The van der Waals surface area contributed by atoms with Crippen molar-refractivity contribution in [1.82, 2.24) is 9.80 Å². The predicted octanol–water partition coefficient (Wildman–Crippen LogP) is 3.62. The van der Waals surface area contributed by atoms with Crippen molar-refractivity contribution in [3.05, 3.63) is 6.92 Å². The van der Waals surface area contributed by atoms with Crippen LogP contribution in [0.2, 0.25) is 0 Å². The van der Waals surface area contributed by atoms with E-state index in [4.69, 9.17) is 14.2 Å². The number of likely N-dealkylation sites (N-methyl/N-ethyl adjacent to an activating group) is 2. The molecule has 4 aliphatic rings. The van der Waals surface area contributed by atoms with Gasteiger partial charge in [0.25, 0.3) is 0 Å². The molecular formula is C25H43N2O5. The fourth-order valence-corrected chi connectivity index (χ4v) is 6.32. The fourth-order valence-electron chi connectivity index (χ4n) is 6.32. The molecule has 0 amide bonds. The van der Waals surface area contributed by atoms with Gasteiger partial charge in [-0.05, 0) is 96.2 Å². The van der Waals surface area contributed by atoms with Crippen LogP contribution in [0, 0.1) is 36.0 Å². The fraction of sp³-hybridized carbons (Fsp3) is 0.880. The number of esters is 1. The first-order valence-corrected chi connectivity index (χ1v) is 12.3. The zero-order chi connectivity index (χ0) is 23.1. The van der Waals surface area contributed by atoms with E-state index in [1.54, 1.807) is 0 Å². The molecule has 0 aromatic heterocycles. The summed E-state index contributed by atoms with van der Waals surface area (Å²) in [6.45, 7) is 7.37. The molecule has 1 atom stereocenters. The number of hydrogen-bond donors (Lipinski definition) is 0. The second-order valence-corrected chi connectivity index (χ2v) is 11.0. The summed E-state index contributed by atoms with van der Waals surface area (Å²) in [5, 5.41) is 0. The van der Waals surface area contributed by atoms with E-state index in [0.717, 1.165) is 43.8 Å². The largest absolute Gasteiger partial charge is 0.508 e. The van der Waals surface area contributed by atoms with Crippen LogP contribution in [0.5, 0.6) is 0 Å². The van der Waals surface area contributed by atoms with E-state index in [1.807, 2.05) is 14.1 Å². The maximum Gasteiger partial charge on any atom is 0.508 e. The molecule has 4 bridgehead atoms. The highest BCUT2D eigenvalue weighted by atomic mass is 16.7. The van der Waals surface area contributed by atoms with E-state index in [0.29, 0.717) is 13.0 Å². The van der Waals surface area contributed by atoms with Crippen molar-refractivity contribution in [2.24, 2.45) is 29.1 Å². The molecule has 0 heterocycles. The number of hydrogen-bond acceptors (Lipinski definition) is 7. The van der Waals surface area contributed by atoms with Crippen molar-refractivity contribution < 1.29 is 23.8 Å².